The van der Waals surface area contributed by atoms with E-state index in [9.17, 15) is 14.4 Å². The van der Waals surface area contributed by atoms with Gasteiger partial charge in [0, 0.05) is 18.3 Å². The van der Waals surface area contributed by atoms with Gasteiger partial charge >= 0.3 is 7.82 Å². The molecule has 7 nitrogen and oxygen atoms in total. The van der Waals surface area contributed by atoms with Crippen LogP contribution in [0.25, 0.3) is 0 Å². The molecule has 0 bridgehead atoms. The SMILES string of the molecule is C[C@@H]1CCCCN1C1CN(c2ccccc2)c2ccccc2N1OP(=O)(O)O. The standard InChI is InChI=1S/C20H26N3O4P/c1-16-9-7-8-14-21(16)20-15-22(17-10-3-2-4-11-17)18-12-5-6-13-19(18)23(20)27-28(24,25)26/h2-6,10-13,16,20H,7-9,14-15H2,1H3,(H2,24,25,26)/t16-,20?/m1/s1. The highest BCUT2D eigenvalue weighted by Crippen LogP contribution is 2.47. The molecule has 2 aliphatic rings. The summed E-state index contributed by atoms with van der Waals surface area (Å²) in [5.41, 5.74) is 2.56. The number of hydrogen-bond donors (Lipinski definition) is 2. The number of rotatable bonds is 4. The highest BCUT2D eigenvalue weighted by molar-refractivity contribution is 7.46. The molecule has 0 aromatic heterocycles. The summed E-state index contributed by atoms with van der Waals surface area (Å²) in [6.07, 6.45) is 2.99. The molecule has 28 heavy (non-hydrogen) atoms. The number of likely N-dealkylation sites (tertiary alicyclic amines) is 1. The molecule has 2 heterocycles. The Kier molecular flexibility index (Phi) is 5.45. The molecule has 1 unspecified atom stereocenters. The van der Waals surface area contributed by atoms with E-state index in [0.717, 1.165) is 30.8 Å². The lowest BCUT2D eigenvalue weighted by Gasteiger charge is -2.50. The second-order valence-electron chi connectivity index (χ2n) is 7.40. The number of hydroxylamine groups is 1. The number of fused-ring (bicyclic) bond motifs is 1. The van der Waals surface area contributed by atoms with Crippen LogP contribution in [0.3, 0.4) is 0 Å². The number of hydrogen-bond acceptors (Lipinski definition) is 5. The number of piperidine rings is 1. The predicted molar refractivity (Wildman–Crippen MR) is 109 cm³/mol. The van der Waals surface area contributed by atoms with Crippen LogP contribution in [0, 0.1) is 0 Å². The predicted octanol–water partition coefficient (Wildman–Crippen LogP) is 3.87. The zero-order valence-corrected chi connectivity index (χ0v) is 16.8. The van der Waals surface area contributed by atoms with Crippen LogP contribution in [0.2, 0.25) is 0 Å². The van der Waals surface area contributed by atoms with E-state index in [1.54, 1.807) is 0 Å². The van der Waals surface area contributed by atoms with Gasteiger partial charge in [0.2, 0.25) is 0 Å². The number of phosphoric acid groups is 1. The first-order valence-corrected chi connectivity index (χ1v) is 11.2. The third-order valence-corrected chi connectivity index (χ3v) is 5.91. The number of benzene rings is 2. The summed E-state index contributed by atoms with van der Waals surface area (Å²) in [7, 11) is -4.71. The number of para-hydroxylation sites is 3. The Morgan fingerprint density at radius 2 is 1.68 bits per heavy atom. The van der Waals surface area contributed by atoms with Gasteiger partial charge in [-0.3, -0.25) is 4.90 Å². The molecule has 1 fully saturated rings. The average Bonchev–Trinajstić information content (AvgIpc) is 2.68. The van der Waals surface area contributed by atoms with Crippen molar-refractivity contribution in [2.24, 2.45) is 0 Å². The molecule has 2 aromatic carbocycles. The lowest BCUT2D eigenvalue weighted by atomic mass is 10.0. The van der Waals surface area contributed by atoms with Crippen LogP contribution in [0.4, 0.5) is 17.1 Å². The van der Waals surface area contributed by atoms with Crippen LogP contribution < -0.4 is 9.96 Å². The van der Waals surface area contributed by atoms with Crippen molar-refractivity contribution < 1.29 is 19.0 Å². The summed E-state index contributed by atoms with van der Waals surface area (Å²) >= 11 is 0. The van der Waals surface area contributed by atoms with Gasteiger partial charge in [0.1, 0.15) is 6.17 Å². The van der Waals surface area contributed by atoms with Gasteiger partial charge in [-0.25, -0.2) is 9.63 Å². The minimum absolute atomic E-state index is 0.307. The van der Waals surface area contributed by atoms with Crippen molar-refractivity contribution >= 4 is 24.9 Å². The summed E-state index contributed by atoms with van der Waals surface area (Å²) < 4.78 is 17.0. The Bertz CT molecular complexity index is 860. The van der Waals surface area contributed by atoms with Crippen LogP contribution >= 0.6 is 7.82 Å². The van der Waals surface area contributed by atoms with Crippen molar-refractivity contribution in [2.45, 2.75) is 38.4 Å². The number of anilines is 3. The molecule has 2 aliphatic heterocycles. The van der Waals surface area contributed by atoms with Gasteiger partial charge in [-0.1, -0.05) is 36.8 Å². The normalized spacial score (nSPS) is 23.5. The fraction of sp³-hybridized carbons (Fsp3) is 0.400. The van der Waals surface area contributed by atoms with E-state index >= 15 is 0 Å². The Balaban J connectivity index is 1.80. The highest BCUT2D eigenvalue weighted by atomic mass is 31.2. The molecular formula is C20H26N3O4P. The molecule has 4 rings (SSSR count). The smallest absolute Gasteiger partial charge is 0.336 e. The van der Waals surface area contributed by atoms with Crippen LogP contribution in [0.5, 0.6) is 0 Å². The van der Waals surface area contributed by atoms with Crippen LogP contribution in [-0.2, 0) is 9.19 Å². The Morgan fingerprint density at radius 1 is 1.00 bits per heavy atom. The lowest BCUT2D eigenvalue weighted by molar-refractivity contribution is 0.0442. The van der Waals surface area contributed by atoms with E-state index < -0.39 is 7.82 Å². The average molecular weight is 403 g/mol. The van der Waals surface area contributed by atoms with Gasteiger partial charge in [0.15, 0.2) is 0 Å². The van der Waals surface area contributed by atoms with Crippen molar-refractivity contribution in [3.8, 4) is 0 Å². The summed E-state index contributed by atoms with van der Waals surface area (Å²) in [5, 5.41) is 1.43. The maximum absolute atomic E-state index is 11.8. The van der Waals surface area contributed by atoms with E-state index in [1.165, 1.54) is 11.5 Å². The van der Waals surface area contributed by atoms with Crippen LogP contribution in [-0.4, -0.2) is 40.0 Å². The van der Waals surface area contributed by atoms with E-state index in [-0.39, 0.29) is 6.17 Å². The molecule has 0 radical (unpaired) electrons. The van der Waals surface area contributed by atoms with E-state index in [0.29, 0.717) is 18.3 Å². The molecule has 1 saturated heterocycles. The quantitative estimate of drug-likeness (QED) is 0.751. The van der Waals surface area contributed by atoms with Crippen LogP contribution in [0.1, 0.15) is 26.2 Å². The molecule has 0 spiro atoms. The fourth-order valence-corrected chi connectivity index (χ4v) is 4.67. The van der Waals surface area contributed by atoms with E-state index in [1.807, 2.05) is 54.6 Å². The third kappa shape index (κ3) is 3.95. The first-order valence-electron chi connectivity index (χ1n) is 9.66. The zero-order valence-electron chi connectivity index (χ0n) is 15.9. The maximum atomic E-state index is 11.8. The topological polar surface area (TPSA) is 76.5 Å². The van der Waals surface area contributed by atoms with Crippen molar-refractivity contribution in [1.29, 1.82) is 0 Å². The fourth-order valence-electron chi connectivity index (χ4n) is 4.24. The first kappa shape index (κ1) is 19.4. The minimum atomic E-state index is -4.71. The van der Waals surface area contributed by atoms with E-state index in [2.05, 4.69) is 16.7 Å². The highest BCUT2D eigenvalue weighted by Gasteiger charge is 2.41. The minimum Gasteiger partial charge on any atom is -0.336 e. The Morgan fingerprint density at radius 3 is 2.36 bits per heavy atom. The molecule has 0 saturated carbocycles. The van der Waals surface area contributed by atoms with Gasteiger partial charge in [-0.15, -0.1) is 0 Å². The third-order valence-electron chi connectivity index (χ3n) is 5.53. The van der Waals surface area contributed by atoms with Gasteiger partial charge in [0.05, 0.1) is 17.9 Å². The summed E-state index contributed by atoms with van der Waals surface area (Å²) in [6, 6.07) is 18.0. The molecule has 2 N–H and O–H groups in total. The van der Waals surface area contributed by atoms with Crippen molar-refractivity contribution in [3.05, 3.63) is 54.6 Å². The zero-order chi connectivity index (χ0) is 19.7. The maximum Gasteiger partial charge on any atom is 0.491 e. The van der Waals surface area contributed by atoms with Gasteiger partial charge in [-0.2, -0.15) is 4.62 Å². The van der Waals surface area contributed by atoms with Crippen molar-refractivity contribution in [1.82, 2.24) is 4.90 Å². The van der Waals surface area contributed by atoms with Gasteiger partial charge in [0.25, 0.3) is 0 Å². The molecular weight excluding hydrogens is 377 g/mol. The summed E-state index contributed by atoms with van der Waals surface area (Å²) in [6.45, 7) is 3.59. The summed E-state index contributed by atoms with van der Waals surface area (Å²) in [5.74, 6) is 0. The van der Waals surface area contributed by atoms with Gasteiger partial charge < -0.3 is 14.7 Å². The molecule has 2 atom stereocenters. The molecule has 8 heteroatoms. The van der Waals surface area contributed by atoms with E-state index in [4.69, 9.17) is 4.62 Å². The monoisotopic (exact) mass is 403 g/mol. The molecule has 0 amide bonds. The summed E-state index contributed by atoms with van der Waals surface area (Å²) in [4.78, 5) is 23.6. The number of nitrogens with zero attached hydrogens (tertiary/aromatic N) is 3. The molecule has 150 valence electrons. The van der Waals surface area contributed by atoms with Crippen molar-refractivity contribution in [2.75, 3.05) is 23.1 Å². The van der Waals surface area contributed by atoms with Crippen molar-refractivity contribution in [3.63, 3.8) is 0 Å². The molecule has 2 aromatic rings. The van der Waals surface area contributed by atoms with Crippen LogP contribution in [0.15, 0.2) is 54.6 Å². The largest absolute Gasteiger partial charge is 0.491 e. The Labute approximate surface area is 165 Å². The molecule has 0 aliphatic carbocycles. The Hall–Kier alpha value is -1.89. The lowest BCUT2D eigenvalue weighted by Crippen LogP contribution is -2.59. The first-order chi connectivity index (χ1) is 13.4. The second-order valence-corrected chi connectivity index (χ2v) is 8.54. The second kappa shape index (κ2) is 7.85. The van der Waals surface area contributed by atoms with Gasteiger partial charge in [-0.05, 0) is 44.0 Å².